The first-order valence-electron chi connectivity index (χ1n) is 9.45. The molecule has 2 aromatic carbocycles. The third-order valence-electron chi connectivity index (χ3n) is 4.66. The number of halogens is 2. The van der Waals surface area contributed by atoms with Gasteiger partial charge in [0.2, 0.25) is 0 Å². The van der Waals surface area contributed by atoms with Gasteiger partial charge in [-0.05, 0) is 63.0 Å². The van der Waals surface area contributed by atoms with Crippen LogP contribution >= 0.6 is 31.8 Å². The monoisotopic (exact) mass is 432 g/mol. The summed E-state index contributed by atoms with van der Waals surface area (Å²) in [7, 11) is -0.0223. The van der Waals surface area contributed by atoms with Gasteiger partial charge in [0, 0.05) is 0 Å². The number of unbranched alkanes of at least 4 members (excludes halogenated alkanes) is 1. The zero-order chi connectivity index (χ0) is 19.8. The third kappa shape index (κ3) is 7.40. The molecule has 0 amide bonds. The first-order chi connectivity index (χ1) is 13.0. The van der Waals surface area contributed by atoms with Crippen LogP contribution in [0.4, 0.5) is 0 Å². The second-order valence-electron chi connectivity index (χ2n) is 6.76. The van der Waals surface area contributed by atoms with E-state index < -0.39 is 0 Å². The van der Waals surface area contributed by atoms with E-state index in [0.29, 0.717) is 21.5 Å². The number of benzene rings is 2. The topological polar surface area (TPSA) is 26.3 Å². The molecule has 28 heavy (non-hydrogen) atoms. The molecule has 2 nitrogen and oxygen atoms in total. The summed E-state index contributed by atoms with van der Waals surface area (Å²) in [5.74, 6) is 1.45. The molecule has 0 spiro atoms. The fourth-order valence-electron chi connectivity index (χ4n) is 2.88. The Kier molecular flexibility index (Phi) is 11.8. The predicted molar refractivity (Wildman–Crippen MR) is 120 cm³/mol. The number of carbonyl (C=O) groups excluding carboxylic acids is 1. The van der Waals surface area contributed by atoms with Crippen LogP contribution in [0.15, 0.2) is 36.4 Å². The molecule has 2 aromatic rings. The van der Waals surface area contributed by atoms with Gasteiger partial charge in [0.25, 0.3) is 0 Å². The smallest absolute Gasteiger partial charge is 1.00 e. The van der Waals surface area contributed by atoms with Crippen molar-refractivity contribution in [3.8, 4) is 5.75 Å². The van der Waals surface area contributed by atoms with Crippen LogP contribution in [0, 0.1) is 12.8 Å². The van der Waals surface area contributed by atoms with Crippen LogP contribution in [0.3, 0.4) is 0 Å². The zero-order valence-corrected chi connectivity index (χ0v) is 19.7. The largest absolute Gasteiger partial charge is 1.00 e. The van der Waals surface area contributed by atoms with Gasteiger partial charge in [-0.15, -0.1) is 0 Å². The second kappa shape index (κ2) is 12.9. The molecule has 0 fully saturated rings. The molecule has 0 radical (unpaired) electrons. The molecule has 0 aromatic heterocycles. The third-order valence-corrected chi connectivity index (χ3v) is 6.60. The van der Waals surface area contributed by atoms with Gasteiger partial charge in [0.1, 0.15) is 5.75 Å². The van der Waals surface area contributed by atoms with Gasteiger partial charge in [-0.25, -0.2) is 0 Å². The van der Waals surface area contributed by atoms with E-state index in [9.17, 15) is 4.79 Å². The van der Waals surface area contributed by atoms with Gasteiger partial charge in [-0.3, -0.25) is 4.79 Å². The Bertz CT molecular complexity index is 769. The molecule has 2 atom stereocenters. The number of rotatable bonds is 10. The van der Waals surface area contributed by atoms with Gasteiger partial charge < -0.3 is 6.16 Å². The summed E-state index contributed by atoms with van der Waals surface area (Å²) in [6.07, 6.45) is 4.80. The molecule has 2 unspecified atom stereocenters. The van der Waals surface area contributed by atoms with Gasteiger partial charge in [0.05, 0.1) is 22.2 Å². The van der Waals surface area contributed by atoms with Crippen molar-refractivity contribution in [2.24, 2.45) is 5.92 Å². The minimum atomic E-state index is -0.0482. The number of carbonyl (C=O) groups is 1. The maximum atomic E-state index is 12.7. The average molecular weight is 433 g/mol. The summed E-state index contributed by atoms with van der Waals surface area (Å²) < 4.78 is 6.00. The van der Waals surface area contributed by atoms with Gasteiger partial charge >= 0.3 is 18.9 Å². The fourth-order valence-corrected chi connectivity index (χ4v) is 4.68. The first kappa shape index (κ1) is 25.6. The second-order valence-corrected chi connectivity index (χ2v) is 8.81. The van der Waals surface area contributed by atoms with Gasteiger partial charge in [-0.2, -0.15) is 0 Å². The summed E-state index contributed by atoms with van der Waals surface area (Å²) in [5.41, 5.74) is 1.40. The van der Waals surface area contributed by atoms with Crippen LogP contribution in [-0.2, 0) is 0 Å². The number of aryl methyl sites for hydroxylation is 1. The van der Waals surface area contributed by atoms with E-state index in [1.54, 1.807) is 18.2 Å². The Morgan fingerprint density at radius 3 is 2.43 bits per heavy atom. The maximum absolute atomic E-state index is 12.7. The van der Waals surface area contributed by atoms with Crippen LogP contribution in [0.2, 0.25) is 10.0 Å². The van der Waals surface area contributed by atoms with Crippen LogP contribution in [-0.4, -0.2) is 12.1 Å². The SMILES string of the molecule is CCCCC(CC)COc1ccc(PC(=O)c2c(Cl)cccc2Cl)c(C)c1.[H-].[Li+]. The summed E-state index contributed by atoms with van der Waals surface area (Å²) in [6, 6.07) is 11.1. The zero-order valence-electron chi connectivity index (χ0n) is 18.1. The number of hydrogen-bond donors (Lipinski definition) is 0. The van der Waals surface area contributed by atoms with Crippen molar-refractivity contribution in [3.63, 3.8) is 0 Å². The van der Waals surface area contributed by atoms with Crippen molar-refractivity contribution in [2.45, 2.75) is 46.5 Å². The van der Waals surface area contributed by atoms with Gasteiger partial charge in [0.15, 0.2) is 5.52 Å². The fraction of sp³-hybridized carbons (Fsp3) is 0.409. The quantitative estimate of drug-likeness (QED) is 0.416. The molecule has 6 heteroatoms. The molecule has 0 saturated carbocycles. The summed E-state index contributed by atoms with van der Waals surface area (Å²) >= 11 is 12.3. The molecular formula is C22H28Cl2LiO2P. The predicted octanol–water partition coefficient (Wildman–Crippen LogP) is 4.16. The molecular weight excluding hydrogens is 405 g/mol. The van der Waals surface area contributed by atoms with E-state index in [-0.39, 0.29) is 34.4 Å². The molecule has 0 N–H and O–H groups in total. The average Bonchev–Trinajstić information content (AvgIpc) is 2.64. The Balaban J connectivity index is 0.00000392. The van der Waals surface area contributed by atoms with Crippen LogP contribution in [0.5, 0.6) is 5.75 Å². The summed E-state index contributed by atoms with van der Waals surface area (Å²) in [5, 5.41) is 1.78. The van der Waals surface area contributed by atoms with Gasteiger partial charge in [-0.1, -0.05) is 68.4 Å². The Morgan fingerprint density at radius 1 is 1.18 bits per heavy atom. The normalized spacial score (nSPS) is 12.0. The van der Waals surface area contributed by atoms with Crippen molar-refractivity contribution >= 4 is 42.6 Å². The van der Waals surface area contributed by atoms with Crippen molar-refractivity contribution in [3.05, 3.63) is 57.6 Å². The van der Waals surface area contributed by atoms with E-state index in [4.69, 9.17) is 27.9 Å². The van der Waals surface area contributed by atoms with E-state index in [1.807, 2.05) is 25.1 Å². The Morgan fingerprint density at radius 2 is 1.86 bits per heavy atom. The van der Waals surface area contributed by atoms with E-state index in [0.717, 1.165) is 29.6 Å². The minimum Gasteiger partial charge on any atom is -1.00 e. The molecule has 0 saturated heterocycles. The van der Waals surface area contributed by atoms with Crippen molar-refractivity contribution in [1.29, 1.82) is 0 Å². The van der Waals surface area contributed by atoms with Crippen molar-refractivity contribution in [2.75, 3.05) is 6.61 Å². The molecule has 0 heterocycles. The molecule has 2 rings (SSSR count). The van der Waals surface area contributed by atoms with E-state index >= 15 is 0 Å². The number of hydrogen-bond acceptors (Lipinski definition) is 2. The van der Waals surface area contributed by atoms with Crippen molar-refractivity contribution in [1.82, 2.24) is 0 Å². The molecule has 0 aliphatic heterocycles. The standard InChI is InChI=1S/C22H27Cl2O2P.Li.H/c1-4-6-8-16(5-2)14-26-17-11-12-20(15(3)13-17)27-22(25)21-18(23)9-7-10-19(21)24;;/h7,9-13,16,27H,4-6,8,14H2,1-3H3;;/q;+1;-1. The molecule has 0 aliphatic rings. The maximum Gasteiger partial charge on any atom is 1.00 e. The summed E-state index contributed by atoms with van der Waals surface area (Å²) in [6.45, 7) is 7.18. The molecule has 148 valence electrons. The minimum absolute atomic E-state index is 0. The summed E-state index contributed by atoms with van der Waals surface area (Å²) in [4.78, 5) is 12.7. The number of ether oxygens (including phenoxy) is 1. The Labute approximate surface area is 194 Å². The Hall–Kier alpha value is -0.483. The van der Waals surface area contributed by atoms with E-state index in [2.05, 4.69) is 13.8 Å². The molecule has 0 aliphatic carbocycles. The van der Waals surface area contributed by atoms with Crippen LogP contribution in [0.1, 0.15) is 56.9 Å². The van der Waals surface area contributed by atoms with Crippen LogP contribution < -0.4 is 28.9 Å². The first-order valence-corrected chi connectivity index (χ1v) is 11.2. The van der Waals surface area contributed by atoms with E-state index in [1.165, 1.54) is 19.3 Å². The molecule has 0 bridgehead atoms. The van der Waals surface area contributed by atoms with Crippen LogP contribution in [0.25, 0.3) is 0 Å². The van der Waals surface area contributed by atoms with Crippen molar-refractivity contribution < 1.29 is 29.8 Å².